The molecule has 4 rings (SSSR count). The fraction of sp³-hybridized carbons (Fsp3) is 0.294. The molecular formula is C17H17BrN8O2. The lowest BCUT2D eigenvalue weighted by atomic mass is 10.2. The molecule has 1 aromatic carbocycles. The molecule has 0 N–H and O–H groups in total. The minimum Gasteiger partial charge on any atom is -0.338 e. The van der Waals surface area contributed by atoms with Gasteiger partial charge in [-0.1, -0.05) is 15.9 Å². The van der Waals surface area contributed by atoms with E-state index in [9.17, 15) is 9.59 Å². The van der Waals surface area contributed by atoms with Crippen molar-refractivity contribution >= 4 is 27.7 Å². The fourth-order valence-electron chi connectivity index (χ4n) is 3.00. The zero-order chi connectivity index (χ0) is 19.5. The van der Waals surface area contributed by atoms with Gasteiger partial charge in [0, 0.05) is 36.8 Å². The number of nitrogens with zero attached hydrogens (tertiary/aromatic N) is 8. The van der Waals surface area contributed by atoms with E-state index in [0.717, 1.165) is 10.2 Å². The predicted molar refractivity (Wildman–Crippen MR) is 102 cm³/mol. The third kappa shape index (κ3) is 3.93. The van der Waals surface area contributed by atoms with Crippen LogP contribution >= 0.6 is 15.9 Å². The number of tetrazole rings is 1. The average molecular weight is 445 g/mol. The summed E-state index contributed by atoms with van der Waals surface area (Å²) in [6.07, 6.45) is 4.70. The van der Waals surface area contributed by atoms with Gasteiger partial charge in [0.25, 0.3) is 5.91 Å². The third-order valence-corrected chi connectivity index (χ3v) is 5.06. The zero-order valence-electron chi connectivity index (χ0n) is 14.8. The van der Waals surface area contributed by atoms with E-state index in [4.69, 9.17) is 0 Å². The Bertz CT molecular complexity index is 961. The number of piperazine rings is 1. The van der Waals surface area contributed by atoms with Gasteiger partial charge < -0.3 is 9.80 Å². The summed E-state index contributed by atoms with van der Waals surface area (Å²) in [6, 6.07) is 7.68. The van der Waals surface area contributed by atoms with Crippen molar-refractivity contribution < 1.29 is 9.59 Å². The number of halogens is 1. The maximum Gasteiger partial charge on any atom is 0.257 e. The number of amides is 2. The molecule has 144 valence electrons. The van der Waals surface area contributed by atoms with Crippen molar-refractivity contribution in [2.45, 2.75) is 6.54 Å². The number of hydrogen-bond acceptors (Lipinski definition) is 6. The first kappa shape index (κ1) is 18.3. The van der Waals surface area contributed by atoms with Gasteiger partial charge in [-0.05, 0) is 34.7 Å². The van der Waals surface area contributed by atoms with E-state index in [1.807, 2.05) is 24.3 Å². The van der Waals surface area contributed by atoms with Crippen LogP contribution in [0.1, 0.15) is 10.4 Å². The highest BCUT2D eigenvalue weighted by atomic mass is 79.9. The number of hydrogen-bond donors (Lipinski definition) is 0. The van der Waals surface area contributed by atoms with E-state index in [0.29, 0.717) is 31.7 Å². The Balaban J connectivity index is 1.35. The van der Waals surface area contributed by atoms with Crippen molar-refractivity contribution in [2.24, 2.45) is 0 Å². The number of benzene rings is 1. The van der Waals surface area contributed by atoms with Crippen molar-refractivity contribution in [3.8, 4) is 5.69 Å². The van der Waals surface area contributed by atoms with Crippen LogP contribution in [0.5, 0.6) is 0 Å². The van der Waals surface area contributed by atoms with Gasteiger partial charge in [-0.15, -0.1) is 5.10 Å². The van der Waals surface area contributed by atoms with E-state index >= 15 is 0 Å². The van der Waals surface area contributed by atoms with Crippen LogP contribution in [0, 0.1) is 0 Å². The summed E-state index contributed by atoms with van der Waals surface area (Å²) in [5.41, 5.74) is 1.40. The molecule has 1 saturated heterocycles. The quantitative estimate of drug-likeness (QED) is 0.583. The molecule has 28 heavy (non-hydrogen) atoms. The molecule has 0 aliphatic carbocycles. The molecule has 1 aliphatic heterocycles. The van der Waals surface area contributed by atoms with Crippen LogP contribution < -0.4 is 0 Å². The lowest BCUT2D eigenvalue weighted by Crippen LogP contribution is -2.51. The second-order valence-electron chi connectivity index (χ2n) is 6.33. The molecular weight excluding hydrogens is 428 g/mol. The molecule has 10 nitrogen and oxygen atoms in total. The van der Waals surface area contributed by atoms with E-state index < -0.39 is 0 Å². The van der Waals surface area contributed by atoms with Crippen molar-refractivity contribution in [3.05, 3.63) is 53.0 Å². The lowest BCUT2D eigenvalue weighted by molar-refractivity contribution is -0.133. The van der Waals surface area contributed by atoms with Gasteiger partial charge in [0.2, 0.25) is 5.91 Å². The largest absolute Gasteiger partial charge is 0.338 e. The van der Waals surface area contributed by atoms with E-state index in [-0.39, 0.29) is 18.4 Å². The van der Waals surface area contributed by atoms with Gasteiger partial charge in [0.05, 0.1) is 17.4 Å². The van der Waals surface area contributed by atoms with Gasteiger partial charge in [-0.25, -0.2) is 9.36 Å². The number of rotatable bonds is 4. The summed E-state index contributed by atoms with van der Waals surface area (Å²) in [7, 11) is 0. The highest BCUT2D eigenvalue weighted by Crippen LogP contribution is 2.15. The molecule has 0 radical (unpaired) electrons. The Morgan fingerprint density at radius 3 is 2.43 bits per heavy atom. The van der Waals surface area contributed by atoms with Crippen LogP contribution in [0.4, 0.5) is 0 Å². The Hall–Kier alpha value is -3.08. The fourth-order valence-corrected chi connectivity index (χ4v) is 3.27. The van der Waals surface area contributed by atoms with Crippen LogP contribution in [0.15, 0.2) is 47.5 Å². The van der Waals surface area contributed by atoms with E-state index in [1.165, 1.54) is 11.0 Å². The average Bonchev–Trinajstić information content (AvgIpc) is 3.40. The second-order valence-corrected chi connectivity index (χ2v) is 7.25. The van der Waals surface area contributed by atoms with Crippen molar-refractivity contribution in [2.75, 3.05) is 26.2 Å². The first-order chi connectivity index (χ1) is 13.6. The Labute approximate surface area is 168 Å². The predicted octanol–water partition coefficient (Wildman–Crippen LogP) is 0.606. The lowest BCUT2D eigenvalue weighted by Gasteiger charge is -2.34. The number of carbonyl (C=O) groups is 2. The SMILES string of the molecule is O=C(Cn1cnnn1)N1CCN(C(=O)c2cnn(-c3ccc(Br)cc3)c2)CC1. The number of aromatic nitrogens is 6. The third-order valence-electron chi connectivity index (χ3n) is 4.53. The monoisotopic (exact) mass is 444 g/mol. The van der Waals surface area contributed by atoms with Crippen molar-refractivity contribution in [3.63, 3.8) is 0 Å². The summed E-state index contributed by atoms with van der Waals surface area (Å²) in [4.78, 5) is 28.5. The summed E-state index contributed by atoms with van der Waals surface area (Å²) in [5, 5.41) is 15.0. The van der Waals surface area contributed by atoms with E-state index in [2.05, 4.69) is 36.6 Å². The van der Waals surface area contributed by atoms with Gasteiger partial charge in [0.1, 0.15) is 12.9 Å². The van der Waals surface area contributed by atoms with Crippen LogP contribution in [0.25, 0.3) is 5.69 Å². The molecule has 11 heteroatoms. The molecule has 0 unspecified atom stereocenters. The van der Waals surface area contributed by atoms with E-state index in [1.54, 1.807) is 26.9 Å². The first-order valence-electron chi connectivity index (χ1n) is 8.68. The minimum atomic E-state index is -0.0871. The maximum absolute atomic E-state index is 12.8. The van der Waals surface area contributed by atoms with Crippen LogP contribution in [0.2, 0.25) is 0 Å². The molecule has 0 bridgehead atoms. The van der Waals surface area contributed by atoms with Gasteiger partial charge in [-0.3, -0.25) is 9.59 Å². The summed E-state index contributed by atoms with van der Waals surface area (Å²) < 4.78 is 4.04. The Morgan fingerprint density at radius 2 is 1.75 bits per heavy atom. The van der Waals surface area contributed by atoms with Gasteiger partial charge in [-0.2, -0.15) is 5.10 Å². The molecule has 2 amide bonds. The second kappa shape index (κ2) is 7.89. The molecule has 3 heterocycles. The van der Waals surface area contributed by atoms with Crippen LogP contribution in [0.3, 0.4) is 0 Å². The topological polar surface area (TPSA) is 102 Å². The number of carbonyl (C=O) groups excluding carboxylic acids is 2. The minimum absolute atomic E-state index is 0.0672. The standard InChI is InChI=1S/C17H17BrN8O2/c18-14-1-3-15(4-2-14)26-10-13(9-20-26)17(28)24-7-5-23(6-8-24)16(27)11-25-12-19-21-22-25/h1-4,9-10,12H,5-8,11H2. The van der Waals surface area contributed by atoms with Crippen molar-refractivity contribution in [1.29, 1.82) is 0 Å². The summed E-state index contributed by atoms with van der Waals surface area (Å²) in [5.74, 6) is -0.154. The highest BCUT2D eigenvalue weighted by Gasteiger charge is 2.25. The highest BCUT2D eigenvalue weighted by molar-refractivity contribution is 9.10. The normalized spacial score (nSPS) is 14.3. The van der Waals surface area contributed by atoms with Crippen LogP contribution in [-0.2, 0) is 11.3 Å². The Kier molecular flexibility index (Phi) is 5.15. The molecule has 2 aromatic heterocycles. The van der Waals surface area contributed by atoms with Crippen molar-refractivity contribution in [1.82, 2.24) is 39.8 Å². The Morgan fingerprint density at radius 1 is 1.04 bits per heavy atom. The molecule has 3 aromatic rings. The smallest absolute Gasteiger partial charge is 0.257 e. The zero-order valence-corrected chi connectivity index (χ0v) is 16.4. The summed E-state index contributed by atoms with van der Waals surface area (Å²) >= 11 is 3.40. The van der Waals surface area contributed by atoms with Crippen LogP contribution in [-0.4, -0.2) is 77.8 Å². The molecule has 1 aliphatic rings. The molecule has 1 fully saturated rings. The summed E-state index contributed by atoms with van der Waals surface area (Å²) in [6.45, 7) is 2.01. The molecule has 0 spiro atoms. The molecule has 0 atom stereocenters. The first-order valence-corrected chi connectivity index (χ1v) is 9.48. The maximum atomic E-state index is 12.8. The van der Waals surface area contributed by atoms with Gasteiger partial charge in [0.15, 0.2) is 0 Å². The molecule has 0 saturated carbocycles. The van der Waals surface area contributed by atoms with Gasteiger partial charge >= 0.3 is 0 Å².